The fraction of sp³-hybridized carbons (Fsp3) is 0.462. The van der Waals surface area contributed by atoms with Gasteiger partial charge in [-0.3, -0.25) is 4.79 Å². The van der Waals surface area contributed by atoms with Crippen LogP contribution in [0.5, 0.6) is 0 Å². The topological polar surface area (TPSA) is 63.1 Å². The Morgan fingerprint density at radius 1 is 1.35 bits per heavy atom. The molecule has 0 aliphatic carbocycles. The van der Waals surface area contributed by atoms with Gasteiger partial charge in [0.25, 0.3) is 5.56 Å². The molecule has 0 aromatic carbocycles. The van der Waals surface area contributed by atoms with Gasteiger partial charge in [-0.05, 0) is 18.7 Å². The lowest BCUT2D eigenvalue weighted by atomic mass is 10.0. The van der Waals surface area contributed by atoms with Crippen LogP contribution in [0.15, 0.2) is 10.9 Å². The van der Waals surface area contributed by atoms with Crippen molar-refractivity contribution in [2.45, 2.75) is 13.0 Å². The molecule has 2 aromatic heterocycles. The highest BCUT2D eigenvalue weighted by Crippen LogP contribution is 2.26. The van der Waals surface area contributed by atoms with Crippen LogP contribution in [0.2, 0.25) is 0 Å². The average molecular weight is 291 g/mol. The van der Waals surface area contributed by atoms with Crippen molar-refractivity contribution < 1.29 is 0 Å². The normalized spacial score (nSPS) is 15.2. The van der Waals surface area contributed by atoms with Crippen LogP contribution in [-0.2, 0) is 20.0 Å². The highest BCUT2D eigenvalue weighted by Gasteiger charge is 2.20. The first kappa shape index (κ1) is 13.3. The van der Waals surface area contributed by atoms with E-state index in [2.05, 4.69) is 27.5 Å². The highest BCUT2D eigenvalue weighted by atomic mass is 32.1. The summed E-state index contributed by atoms with van der Waals surface area (Å²) >= 11 is 1.40. The molecule has 3 heterocycles. The predicted molar refractivity (Wildman–Crippen MR) is 80.2 cm³/mol. The van der Waals surface area contributed by atoms with Crippen LogP contribution in [0.25, 0.3) is 10.6 Å². The first-order chi connectivity index (χ1) is 9.60. The number of anilines is 1. The molecule has 2 aromatic rings. The van der Waals surface area contributed by atoms with Crippen LogP contribution >= 0.6 is 11.3 Å². The first-order valence-electron chi connectivity index (χ1n) is 6.52. The summed E-state index contributed by atoms with van der Waals surface area (Å²) in [5.41, 5.74) is 2.99. The van der Waals surface area contributed by atoms with Crippen molar-refractivity contribution in [3.8, 4) is 10.6 Å². The minimum absolute atomic E-state index is 0.00658. The number of hydrogen-bond donors (Lipinski definition) is 1. The molecule has 0 unspecified atom stereocenters. The van der Waals surface area contributed by atoms with Crippen molar-refractivity contribution >= 4 is 16.5 Å². The summed E-state index contributed by atoms with van der Waals surface area (Å²) in [7, 11) is 5.73. The van der Waals surface area contributed by atoms with Gasteiger partial charge in [0.2, 0.25) is 5.13 Å². The van der Waals surface area contributed by atoms with Gasteiger partial charge in [-0.2, -0.15) is 0 Å². The molecule has 0 radical (unpaired) electrons. The zero-order valence-corrected chi connectivity index (χ0v) is 12.6. The average Bonchev–Trinajstić information content (AvgIpc) is 2.91. The van der Waals surface area contributed by atoms with Crippen LogP contribution in [0.3, 0.4) is 0 Å². The largest absolute Gasteiger partial charge is 0.363 e. The Bertz CT molecular complexity index is 705. The number of aromatic nitrogens is 3. The summed E-state index contributed by atoms with van der Waals surface area (Å²) in [6, 6.07) is 1.98. The second-order valence-electron chi connectivity index (χ2n) is 5.04. The van der Waals surface area contributed by atoms with Crippen LogP contribution in [-0.4, -0.2) is 40.3 Å². The molecule has 1 aliphatic heterocycles. The third kappa shape index (κ3) is 2.12. The number of nitrogens with zero attached hydrogens (tertiary/aromatic N) is 4. The van der Waals surface area contributed by atoms with Gasteiger partial charge in [-0.15, -0.1) is 10.2 Å². The molecule has 0 atom stereocenters. The zero-order valence-electron chi connectivity index (χ0n) is 11.8. The summed E-state index contributed by atoms with van der Waals surface area (Å²) in [5, 5.41) is 12.5. The minimum Gasteiger partial charge on any atom is -0.363 e. The number of rotatable bonds is 2. The van der Waals surface area contributed by atoms with E-state index in [9.17, 15) is 4.79 Å². The molecule has 3 rings (SSSR count). The Hall–Kier alpha value is -1.73. The number of likely N-dealkylation sites (N-methyl/N-ethyl adjacent to an activating group) is 1. The number of nitrogens with one attached hydrogen (secondary N) is 1. The van der Waals surface area contributed by atoms with Crippen molar-refractivity contribution in [2.24, 2.45) is 7.05 Å². The lowest BCUT2D eigenvalue weighted by Crippen LogP contribution is -2.33. The predicted octanol–water partition coefficient (Wildman–Crippen LogP) is 0.933. The third-order valence-corrected chi connectivity index (χ3v) is 4.64. The summed E-state index contributed by atoms with van der Waals surface area (Å²) < 4.78 is 1.76. The maximum absolute atomic E-state index is 12.5. The molecule has 0 saturated heterocycles. The van der Waals surface area contributed by atoms with Crippen LogP contribution in [0, 0.1) is 0 Å². The third-order valence-electron chi connectivity index (χ3n) is 3.67. The van der Waals surface area contributed by atoms with Gasteiger partial charge in [0.05, 0.1) is 5.56 Å². The molecule has 0 saturated carbocycles. The van der Waals surface area contributed by atoms with Crippen molar-refractivity contribution in [3.05, 3.63) is 27.7 Å². The van der Waals surface area contributed by atoms with Gasteiger partial charge in [0.15, 0.2) is 5.01 Å². The monoisotopic (exact) mass is 291 g/mol. The molecule has 0 bridgehead atoms. The second kappa shape index (κ2) is 4.99. The van der Waals surface area contributed by atoms with Crippen molar-refractivity contribution in [3.63, 3.8) is 0 Å². The second-order valence-corrected chi connectivity index (χ2v) is 6.02. The zero-order chi connectivity index (χ0) is 14.3. The fourth-order valence-electron chi connectivity index (χ4n) is 2.56. The Labute approximate surface area is 121 Å². The quantitative estimate of drug-likeness (QED) is 0.892. The SMILES string of the molecule is CNc1nnc(-c2cc3c(n(C)c2=O)CCN(C)C3)s1. The molecule has 1 aliphatic rings. The lowest BCUT2D eigenvalue weighted by Gasteiger charge is -2.26. The van der Waals surface area contributed by atoms with E-state index in [1.54, 1.807) is 11.6 Å². The Morgan fingerprint density at radius 3 is 2.85 bits per heavy atom. The Kier molecular flexibility index (Phi) is 3.31. The maximum atomic E-state index is 12.5. The number of fused-ring (bicyclic) bond motifs is 1. The fourth-order valence-corrected chi connectivity index (χ4v) is 3.26. The van der Waals surface area contributed by atoms with Gasteiger partial charge in [-0.1, -0.05) is 11.3 Å². The first-order valence-corrected chi connectivity index (χ1v) is 7.33. The van der Waals surface area contributed by atoms with E-state index in [1.807, 2.05) is 13.1 Å². The van der Waals surface area contributed by atoms with Crippen molar-refractivity contribution in [2.75, 3.05) is 26.0 Å². The van der Waals surface area contributed by atoms with Crippen LogP contribution in [0.1, 0.15) is 11.3 Å². The Balaban J connectivity index is 2.14. The van der Waals surface area contributed by atoms with E-state index >= 15 is 0 Å². The number of hydrogen-bond acceptors (Lipinski definition) is 6. The van der Waals surface area contributed by atoms with Crippen LogP contribution in [0.4, 0.5) is 5.13 Å². The smallest absolute Gasteiger partial charge is 0.260 e. The van der Waals surface area contributed by atoms with E-state index in [4.69, 9.17) is 0 Å². The number of pyridine rings is 1. The van der Waals surface area contributed by atoms with E-state index < -0.39 is 0 Å². The molecule has 0 spiro atoms. The minimum atomic E-state index is 0.00658. The standard InChI is InChI=1S/C13H17N5OS/c1-14-13-16-15-11(20-13)9-6-8-7-17(2)5-4-10(8)18(3)12(9)19/h6H,4-5,7H2,1-3H3,(H,14,16). The van der Waals surface area contributed by atoms with Gasteiger partial charge >= 0.3 is 0 Å². The van der Waals surface area contributed by atoms with E-state index in [0.717, 1.165) is 30.3 Å². The summed E-state index contributed by atoms with van der Waals surface area (Å²) in [4.78, 5) is 14.7. The maximum Gasteiger partial charge on any atom is 0.260 e. The van der Waals surface area contributed by atoms with Crippen molar-refractivity contribution in [1.29, 1.82) is 0 Å². The summed E-state index contributed by atoms with van der Waals surface area (Å²) in [6.07, 6.45) is 0.912. The molecule has 0 fully saturated rings. The molecule has 20 heavy (non-hydrogen) atoms. The molecular formula is C13H17N5OS. The highest BCUT2D eigenvalue weighted by molar-refractivity contribution is 7.18. The van der Waals surface area contributed by atoms with Gasteiger partial charge in [0, 0.05) is 39.3 Å². The van der Waals surface area contributed by atoms with E-state index in [1.165, 1.54) is 16.9 Å². The van der Waals surface area contributed by atoms with E-state index in [-0.39, 0.29) is 5.56 Å². The van der Waals surface area contributed by atoms with Gasteiger partial charge in [-0.25, -0.2) is 0 Å². The van der Waals surface area contributed by atoms with Gasteiger partial charge < -0.3 is 14.8 Å². The lowest BCUT2D eigenvalue weighted by molar-refractivity contribution is 0.306. The Morgan fingerprint density at radius 2 is 2.15 bits per heavy atom. The molecule has 106 valence electrons. The molecule has 6 nitrogen and oxygen atoms in total. The van der Waals surface area contributed by atoms with Crippen molar-refractivity contribution in [1.82, 2.24) is 19.7 Å². The molecule has 7 heteroatoms. The molecule has 0 amide bonds. The summed E-state index contributed by atoms with van der Waals surface area (Å²) in [5.74, 6) is 0. The summed E-state index contributed by atoms with van der Waals surface area (Å²) in [6.45, 7) is 1.86. The van der Waals surface area contributed by atoms with E-state index in [0.29, 0.717) is 10.6 Å². The molecular weight excluding hydrogens is 274 g/mol. The molecule has 1 N–H and O–H groups in total. The van der Waals surface area contributed by atoms with Gasteiger partial charge in [0.1, 0.15) is 0 Å². The van der Waals surface area contributed by atoms with Crippen LogP contribution < -0.4 is 10.9 Å².